The standard InChI is InChI=1S/C20H19BrN6O3/c1-4-30-19(28)14-8-22-27(11-14)20-24-16-9-23-26(17(16)18(25-20)29-3)10-13-6-5-12(2)15(21)7-13/h5-9,11H,4,10H2,1-3H3. The predicted octanol–water partition coefficient (Wildman–Crippen LogP) is 3.32. The van der Waals surface area contributed by atoms with Crippen molar-refractivity contribution in [2.24, 2.45) is 0 Å². The number of hydrogen-bond acceptors (Lipinski definition) is 7. The Bertz CT molecular complexity index is 1230. The Kier molecular flexibility index (Phi) is 5.49. The summed E-state index contributed by atoms with van der Waals surface area (Å²) in [6.07, 6.45) is 4.59. The molecule has 0 saturated carbocycles. The molecule has 10 heteroatoms. The van der Waals surface area contributed by atoms with Gasteiger partial charge < -0.3 is 9.47 Å². The van der Waals surface area contributed by atoms with E-state index in [0.29, 0.717) is 29.0 Å². The van der Waals surface area contributed by atoms with Gasteiger partial charge in [0.1, 0.15) is 11.0 Å². The molecule has 0 fully saturated rings. The number of nitrogens with zero attached hydrogens (tertiary/aromatic N) is 6. The number of rotatable bonds is 6. The van der Waals surface area contributed by atoms with Crippen LogP contribution >= 0.6 is 15.9 Å². The SMILES string of the molecule is CCOC(=O)c1cnn(-c2nc(OC)c3c(cnn3Cc3ccc(C)c(Br)c3)n2)c1. The highest BCUT2D eigenvalue weighted by Crippen LogP contribution is 2.25. The van der Waals surface area contributed by atoms with E-state index >= 15 is 0 Å². The van der Waals surface area contributed by atoms with Crippen molar-refractivity contribution in [1.29, 1.82) is 0 Å². The predicted molar refractivity (Wildman–Crippen MR) is 113 cm³/mol. The Morgan fingerprint density at radius 3 is 2.77 bits per heavy atom. The Labute approximate surface area is 180 Å². The zero-order valence-corrected chi connectivity index (χ0v) is 18.3. The number of aryl methyl sites for hydroxylation is 1. The highest BCUT2D eigenvalue weighted by atomic mass is 79.9. The summed E-state index contributed by atoms with van der Waals surface area (Å²) in [5.41, 5.74) is 3.85. The molecule has 4 rings (SSSR count). The maximum Gasteiger partial charge on any atom is 0.341 e. The Morgan fingerprint density at radius 2 is 2.03 bits per heavy atom. The fourth-order valence-electron chi connectivity index (χ4n) is 2.98. The van der Waals surface area contributed by atoms with E-state index in [0.717, 1.165) is 15.6 Å². The minimum absolute atomic E-state index is 0.271. The molecular formula is C20H19BrN6O3. The van der Waals surface area contributed by atoms with Crippen molar-refractivity contribution in [2.75, 3.05) is 13.7 Å². The number of fused-ring (bicyclic) bond motifs is 1. The fourth-order valence-corrected chi connectivity index (χ4v) is 3.40. The number of aromatic nitrogens is 6. The van der Waals surface area contributed by atoms with Crippen LogP contribution in [0.1, 0.15) is 28.4 Å². The van der Waals surface area contributed by atoms with Crippen molar-refractivity contribution in [3.63, 3.8) is 0 Å². The van der Waals surface area contributed by atoms with Crippen LogP contribution in [0.25, 0.3) is 17.0 Å². The summed E-state index contributed by atoms with van der Waals surface area (Å²) in [6.45, 7) is 4.61. The van der Waals surface area contributed by atoms with E-state index in [1.54, 1.807) is 24.9 Å². The average Bonchev–Trinajstić information content (AvgIpc) is 3.38. The number of methoxy groups -OCH3 is 1. The number of halogens is 1. The fraction of sp³-hybridized carbons (Fsp3) is 0.250. The molecule has 0 radical (unpaired) electrons. The first-order valence-corrected chi connectivity index (χ1v) is 10.0. The van der Waals surface area contributed by atoms with Crippen molar-refractivity contribution in [3.05, 3.63) is 58.0 Å². The molecule has 9 nitrogen and oxygen atoms in total. The molecule has 3 heterocycles. The monoisotopic (exact) mass is 470 g/mol. The van der Waals surface area contributed by atoms with Gasteiger partial charge in [0.05, 0.1) is 38.2 Å². The Morgan fingerprint density at radius 1 is 1.20 bits per heavy atom. The van der Waals surface area contributed by atoms with Gasteiger partial charge in [0.15, 0.2) is 0 Å². The van der Waals surface area contributed by atoms with E-state index in [1.165, 1.54) is 17.1 Å². The molecule has 0 saturated heterocycles. The minimum atomic E-state index is -0.450. The molecule has 0 spiro atoms. The third kappa shape index (κ3) is 3.78. The van der Waals surface area contributed by atoms with Gasteiger partial charge in [0, 0.05) is 10.7 Å². The molecule has 154 valence electrons. The van der Waals surface area contributed by atoms with Gasteiger partial charge in [-0.25, -0.2) is 14.5 Å². The zero-order valence-electron chi connectivity index (χ0n) is 16.7. The molecule has 3 aromatic heterocycles. The second kappa shape index (κ2) is 8.23. The normalized spacial score (nSPS) is 11.1. The van der Waals surface area contributed by atoms with Crippen molar-refractivity contribution in [1.82, 2.24) is 29.5 Å². The molecule has 0 atom stereocenters. The number of benzene rings is 1. The summed E-state index contributed by atoms with van der Waals surface area (Å²) >= 11 is 3.56. The number of esters is 1. The summed E-state index contributed by atoms with van der Waals surface area (Å²) in [5.74, 6) is 0.188. The van der Waals surface area contributed by atoms with Crippen LogP contribution in [-0.2, 0) is 11.3 Å². The van der Waals surface area contributed by atoms with E-state index in [1.807, 2.05) is 6.92 Å². The van der Waals surface area contributed by atoms with Gasteiger partial charge in [-0.15, -0.1) is 0 Å². The summed E-state index contributed by atoms with van der Waals surface area (Å²) in [5, 5.41) is 8.63. The highest BCUT2D eigenvalue weighted by Gasteiger charge is 2.17. The Hall–Kier alpha value is -3.27. The highest BCUT2D eigenvalue weighted by molar-refractivity contribution is 9.10. The first-order chi connectivity index (χ1) is 14.5. The van der Waals surface area contributed by atoms with Gasteiger partial charge in [0.25, 0.3) is 5.95 Å². The second-order valence-electron chi connectivity index (χ2n) is 6.55. The van der Waals surface area contributed by atoms with Crippen LogP contribution in [0.2, 0.25) is 0 Å². The molecule has 0 amide bonds. The van der Waals surface area contributed by atoms with Crippen LogP contribution < -0.4 is 4.74 Å². The molecule has 30 heavy (non-hydrogen) atoms. The lowest BCUT2D eigenvalue weighted by Gasteiger charge is -2.09. The van der Waals surface area contributed by atoms with E-state index in [2.05, 4.69) is 54.3 Å². The summed E-state index contributed by atoms with van der Waals surface area (Å²) < 4.78 is 14.7. The van der Waals surface area contributed by atoms with Gasteiger partial charge in [-0.3, -0.25) is 4.68 Å². The first kappa shape index (κ1) is 20.0. The molecule has 0 bridgehead atoms. The van der Waals surface area contributed by atoms with Crippen LogP contribution in [0.4, 0.5) is 0 Å². The van der Waals surface area contributed by atoms with Crippen LogP contribution in [0.5, 0.6) is 5.88 Å². The quantitative estimate of drug-likeness (QED) is 0.398. The van der Waals surface area contributed by atoms with Crippen LogP contribution in [0.3, 0.4) is 0 Å². The van der Waals surface area contributed by atoms with Crippen molar-refractivity contribution >= 4 is 32.9 Å². The minimum Gasteiger partial charge on any atom is -0.479 e. The van der Waals surface area contributed by atoms with Crippen LogP contribution in [-0.4, -0.2) is 49.2 Å². The molecule has 0 aliphatic heterocycles. The third-order valence-corrected chi connectivity index (χ3v) is 5.36. The van der Waals surface area contributed by atoms with Gasteiger partial charge in [-0.05, 0) is 31.0 Å². The van der Waals surface area contributed by atoms with E-state index in [4.69, 9.17) is 9.47 Å². The average molecular weight is 471 g/mol. The van der Waals surface area contributed by atoms with Crippen molar-refractivity contribution < 1.29 is 14.3 Å². The largest absolute Gasteiger partial charge is 0.479 e. The van der Waals surface area contributed by atoms with Gasteiger partial charge in [0.2, 0.25) is 5.88 Å². The van der Waals surface area contributed by atoms with Gasteiger partial charge in [-0.1, -0.05) is 28.1 Å². The Balaban J connectivity index is 1.71. The number of carbonyl (C=O) groups excluding carboxylic acids is 1. The van der Waals surface area contributed by atoms with Gasteiger partial charge >= 0.3 is 5.97 Å². The number of ether oxygens (including phenoxy) is 2. The molecule has 0 aliphatic carbocycles. The number of hydrogen-bond donors (Lipinski definition) is 0. The smallest absolute Gasteiger partial charge is 0.341 e. The maximum absolute atomic E-state index is 11.9. The van der Waals surface area contributed by atoms with Gasteiger partial charge in [-0.2, -0.15) is 15.2 Å². The lowest BCUT2D eigenvalue weighted by molar-refractivity contribution is 0.0526. The lowest BCUT2D eigenvalue weighted by atomic mass is 10.1. The lowest BCUT2D eigenvalue weighted by Crippen LogP contribution is -2.07. The molecule has 0 N–H and O–H groups in total. The summed E-state index contributed by atoms with van der Waals surface area (Å²) in [6, 6.07) is 6.16. The second-order valence-corrected chi connectivity index (χ2v) is 7.40. The summed E-state index contributed by atoms with van der Waals surface area (Å²) in [7, 11) is 1.54. The molecule has 1 aromatic carbocycles. The van der Waals surface area contributed by atoms with Crippen molar-refractivity contribution in [2.45, 2.75) is 20.4 Å². The third-order valence-electron chi connectivity index (χ3n) is 4.51. The maximum atomic E-state index is 11.9. The van der Waals surface area contributed by atoms with E-state index in [-0.39, 0.29) is 12.6 Å². The first-order valence-electron chi connectivity index (χ1n) is 9.25. The van der Waals surface area contributed by atoms with Crippen molar-refractivity contribution in [3.8, 4) is 11.8 Å². The molecule has 4 aromatic rings. The van der Waals surface area contributed by atoms with Crippen LogP contribution in [0, 0.1) is 6.92 Å². The topological polar surface area (TPSA) is 97.0 Å². The molecular weight excluding hydrogens is 452 g/mol. The summed E-state index contributed by atoms with van der Waals surface area (Å²) in [4.78, 5) is 20.9. The van der Waals surface area contributed by atoms with E-state index < -0.39 is 5.97 Å². The molecule has 0 aliphatic rings. The van der Waals surface area contributed by atoms with Crippen LogP contribution in [0.15, 0.2) is 41.3 Å². The number of carbonyl (C=O) groups is 1. The van der Waals surface area contributed by atoms with E-state index in [9.17, 15) is 4.79 Å². The zero-order chi connectivity index (χ0) is 21.3. The molecule has 0 unspecified atom stereocenters.